The number of aliphatic carboxylic acids is 1. The molecule has 1 heterocycles. The summed E-state index contributed by atoms with van der Waals surface area (Å²) in [5.41, 5.74) is -0.227. The Hall–Kier alpha value is -1.30. The second kappa shape index (κ2) is 6.43. The van der Waals surface area contributed by atoms with E-state index in [2.05, 4.69) is 5.32 Å². The monoisotopic (exact) mass is 284 g/mol. The third-order valence-corrected chi connectivity index (χ3v) is 4.29. The van der Waals surface area contributed by atoms with E-state index in [4.69, 9.17) is 9.84 Å². The average Bonchev–Trinajstić information content (AvgIpc) is 2.56. The van der Waals surface area contributed by atoms with Crippen LogP contribution in [0.15, 0.2) is 0 Å². The Morgan fingerprint density at radius 3 is 2.75 bits per heavy atom. The number of carboxylic acid groups (broad SMARTS) is 1. The molecule has 0 radical (unpaired) electrons. The predicted molar refractivity (Wildman–Crippen MR) is 73.5 cm³/mol. The highest BCUT2D eigenvalue weighted by molar-refractivity contribution is 5.74. The molecule has 0 aromatic rings. The van der Waals surface area contributed by atoms with Crippen LogP contribution in [0.5, 0.6) is 0 Å². The van der Waals surface area contributed by atoms with Crippen molar-refractivity contribution in [3.8, 4) is 0 Å². The highest BCUT2D eigenvalue weighted by Gasteiger charge is 2.39. The molecule has 0 aromatic carbocycles. The van der Waals surface area contributed by atoms with Gasteiger partial charge in [0.25, 0.3) is 0 Å². The fourth-order valence-corrected chi connectivity index (χ4v) is 2.97. The van der Waals surface area contributed by atoms with Gasteiger partial charge in [0.1, 0.15) is 0 Å². The number of amides is 2. The summed E-state index contributed by atoms with van der Waals surface area (Å²) in [6, 6.07) is -0.0981. The molecule has 1 aliphatic carbocycles. The maximum atomic E-state index is 12.2. The third-order valence-electron chi connectivity index (χ3n) is 4.29. The molecule has 20 heavy (non-hydrogen) atoms. The van der Waals surface area contributed by atoms with Gasteiger partial charge in [0.15, 0.2) is 0 Å². The Bertz CT molecular complexity index is 368. The summed E-state index contributed by atoms with van der Waals surface area (Å²) in [6.45, 7) is 4.40. The molecule has 2 N–H and O–H groups in total. The van der Waals surface area contributed by atoms with Crippen molar-refractivity contribution in [1.82, 2.24) is 10.2 Å². The van der Waals surface area contributed by atoms with E-state index in [-0.39, 0.29) is 24.0 Å². The fraction of sp³-hybridized carbons (Fsp3) is 0.857. The normalized spacial score (nSPS) is 25.4. The largest absolute Gasteiger partial charge is 0.481 e. The number of carbonyl (C=O) groups is 2. The van der Waals surface area contributed by atoms with Gasteiger partial charge < -0.3 is 20.1 Å². The number of ether oxygens (including phenoxy) is 1. The summed E-state index contributed by atoms with van der Waals surface area (Å²) in [5.74, 6) is -0.782. The first-order valence-electron chi connectivity index (χ1n) is 7.37. The third kappa shape index (κ3) is 3.85. The molecule has 114 valence electrons. The summed E-state index contributed by atoms with van der Waals surface area (Å²) in [4.78, 5) is 24.9. The van der Waals surface area contributed by atoms with Crippen LogP contribution < -0.4 is 5.32 Å². The zero-order valence-electron chi connectivity index (χ0n) is 12.1. The molecular weight excluding hydrogens is 260 g/mol. The van der Waals surface area contributed by atoms with Crippen LogP contribution in [-0.2, 0) is 9.53 Å². The second-order valence-electron chi connectivity index (χ2n) is 6.06. The van der Waals surface area contributed by atoms with Crippen LogP contribution in [0.25, 0.3) is 0 Å². The molecule has 2 fully saturated rings. The van der Waals surface area contributed by atoms with Crippen molar-refractivity contribution in [2.75, 3.05) is 26.2 Å². The maximum Gasteiger partial charge on any atom is 0.317 e. The molecule has 1 atom stereocenters. The minimum atomic E-state index is -0.782. The van der Waals surface area contributed by atoms with Crippen molar-refractivity contribution < 1.29 is 19.4 Å². The molecule has 0 bridgehead atoms. The first kappa shape index (κ1) is 15.1. The van der Waals surface area contributed by atoms with Crippen LogP contribution in [0.1, 0.15) is 39.0 Å². The van der Waals surface area contributed by atoms with Crippen LogP contribution in [0.4, 0.5) is 4.79 Å². The molecule has 6 heteroatoms. The van der Waals surface area contributed by atoms with Crippen LogP contribution in [-0.4, -0.2) is 54.4 Å². The van der Waals surface area contributed by atoms with E-state index in [1.54, 1.807) is 4.90 Å². The number of hydrogen-bond donors (Lipinski definition) is 2. The van der Waals surface area contributed by atoms with Gasteiger partial charge in [-0.15, -0.1) is 0 Å². The highest BCUT2D eigenvalue weighted by Crippen LogP contribution is 2.43. The first-order chi connectivity index (χ1) is 9.51. The minimum absolute atomic E-state index is 0.0555. The van der Waals surface area contributed by atoms with E-state index in [1.165, 1.54) is 0 Å². The Labute approximate surface area is 119 Å². The molecule has 0 spiro atoms. The molecule has 2 aliphatic rings. The molecular formula is C14H24N2O4. The highest BCUT2D eigenvalue weighted by atomic mass is 16.5. The molecule has 2 amide bonds. The fourth-order valence-electron chi connectivity index (χ4n) is 2.97. The number of nitrogens with zero attached hydrogens (tertiary/aromatic N) is 1. The van der Waals surface area contributed by atoms with E-state index in [0.29, 0.717) is 26.2 Å². The number of nitrogens with one attached hydrogen (secondary N) is 1. The number of urea groups is 1. The Morgan fingerprint density at radius 1 is 1.40 bits per heavy atom. The van der Waals surface area contributed by atoms with Gasteiger partial charge in [0.2, 0.25) is 0 Å². The summed E-state index contributed by atoms with van der Waals surface area (Å²) < 4.78 is 5.51. The van der Waals surface area contributed by atoms with Gasteiger partial charge in [-0.25, -0.2) is 4.79 Å². The summed E-state index contributed by atoms with van der Waals surface area (Å²) in [7, 11) is 0. The van der Waals surface area contributed by atoms with Crippen molar-refractivity contribution in [3.05, 3.63) is 0 Å². The van der Waals surface area contributed by atoms with Crippen LogP contribution in [0.2, 0.25) is 0 Å². The lowest BCUT2D eigenvalue weighted by atomic mass is 9.66. The van der Waals surface area contributed by atoms with E-state index in [9.17, 15) is 9.59 Å². The van der Waals surface area contributed by atoms with Gasteiger partial charge in [0.05, 0.1) is 12.5 Å². The van der Waals surface area contributed by atoms with Crippen molar-refractivity contribution in [2.24, 2.45) is 5.41 Å². The number of carbonyl (C=O) groups excluding carboxylic acids is 1. The van der Waals surface area contributed by atoms with E-state index in [1.807, 2.05) is 6.92 Å². The Morgan fingerprint density at radius 2 is 2.15 bits per heavy atom. The van der Waals surface area contributed by atoms with Crippen LogP contribution in [0.3, 0.4) is 0 Å². The average molecular weight is 284 g/mol. The topological polar surface area (TPSA) is 78.9 Å². The van der Waals surface area contributed by atoms with E-state index < -0.39 is 5.97 Å². The predicted octanol–water partition coefficient (Wildman–Crippen LogP) is 1.45. The summed E-state index contributed by atoms with van der Waals surface area (Å²) >= 11 is 0. The SMILES string of the molecule is CC1CN(C(=O)NCC2(CC(=O)O)CCC2)CCCO1. The van der Waals surface area contributed by atoms with Gasteiger partial charge in [0, 0.05) is 26.2 Å². The summed E-state index contributed by atoms with van der Waals surface area (Å²) in [6.07, 6.45) is 3.88. The minimum Gasteiger partial charge on any atom is -0.481 e. The standard InChI is InChI=1S/C14H24N2O4/c1-11-9-16(6-3-7-20-11)13(19)15-10-14(4-2-5-14)8-12(17)18/h11H,2-10H2,1H3,(H,15,19)(H,17,18). The van der Waals surface area contributed by atoms with Crippen LogP contribution >= 0.6 is 0 Å². The molecule has 0 aromatic heterocycles. The van der Waals surface area contributed by atoms with Crippen molar-refractivity contribution in [1.29, 1.82) is 0 Å². The maximum absolute atomic E-state index is 12.2. The Balaban J connectivity index is 1.83. The zero-order valence-corrected chi connectivity index (χ0v) is 12.1. The quantitative estimate of drug-likeness (QED) is 0.819. The van der Waals surface area contributed by atoms with Gasteiger partial charge in [-0.1, -0.05) is 6.42 Å². The van der Waals surface area contributed by atoms with Gasteiger partial charge in [-0.3, -0.25) is 4.79 Å². The van der Waals surface area contributed by atoms with Crippen molar-refractivity contribution >= 4 is 12.0 Å². The number of hydrogen-bond acceptors (Lipinski definition) is 3. The van der Waals surface area contributed by atoms with Crippen LogP contribution in [0, 0.1) is 5.41 Å². The van der Waals surface area contributed by atoms with E-state index >= 15 is 0 Å². The smallest absolute Gasteiger partial charge is 0.317 e. The molecule has 1 aliphatic heterocycles. The van der Waals surface area contributed by atoms with Crippen molar-refractivity contribution in [3.63, 3.8) is 0 Å². The molecule has 1 saturated carbocycles. The zero-order chi connectivity index (χ0) is 14.6. The lowest BCUT2D eigenvalue weighted by molar-refractivity contribution is -0.141. The van der Waals surface area contributed by atoms with E-state index in [0.717, 1.165) is 25.7 Å². The number of rotatable bonds is 4. The molecule has 1 unspecified atom stereocenters. The summed E-state index contributed by atoms with van der Waals surface area (Å²) in [5, 5.41) is 11.9. The molecule has 6 nitrogen and oxygen atoms in total. The first-order valence-corrected chi connectivity index (χ1v) is 7.37. The van der Waals surface area contributed by atoms with Crippen molar-refractivity contribution in [2.45, 2.75) is 45.1 Å². The molecule has 1 saturated heterocycles. The number of carboxylic acids is 1. The van der Waals surface area contributed by atoms with Gasteiger partial charge >= 0.3 is 12.0 Å². The lowest BCUT2D eigenvalue weighted by Gasteiger charge is -2.41. The molecule has 2 rings (SSSR count). The second-order valence-corrected chi connectivity index (χ2v) is 6.06. The van der Waals surface area contributed by atoms with Gasteiger partial charge in [-0.2, -0.15) is 0 Å². The van der Waals surface area contributed by atoms with Gasteiger partial charge in [-0.05, 0) is 31.6 Å². The Kier molecular flexibility index (Phi) is 4.86. The lowest BCUT2D eigenvalue weighted by Crippen LogP contribution is -2.49.